The van der Waals surface area contributed by atoms with Gasteiger partial charge < -0.3 is 14.6 Å². The average Bonchev–Trinajstić information content (AvgIpc) is 3.39. The van der Waals surface area contributed by atoms with Crippen LogP contribution in [0.5, 0.6) is 0 Å². The lowest BCUT2D eigenvalue weighted by Gasteiger charge is -2.24. The van der Waals surface area contributed by atoms with Crippen LogP contribution in [0.1, 0.15) is 17.7 Å². The van der Waals surface area contributed by atoms with Gasteiger partial charge in [0.1, 0.15) is 5.52 Å². The lowest BCUT2D eigenvalue weighted by molar-refractivity contribution is -0.139. The minimum absolute atomic E-state index is 0.00669. The lowest BCUT2D eigenvalue weighted by atomic mass is 10.1. The highest BCUT2D eigenvalue weighted by atomic mass is 32.1. The molecule has 3 aromatic heterocycles. The Morgan fingerprint density at radius 2 is 2.16 bits per heavy atom. The molecular weight excluding hydrogens is 427 g/mol. The zero-order chi connectivity index (χ0) is 21.6. The number of pyridine rings is 1. The summed E-state index contributed by atoms with van der Waals surface area (Å²) in [7, 11) is 0. The van der Waals surface area contributed by atoms with Crippen LogP contribution in [0.25, 0.3) is 32.8 Å². The normalized spacial score (nSPS) is 17.6. The fraction of sp³-hybridized carbons (Fsp3) is 0.381. The molecule has 162 valence electrons. The molecular formula is C21H20F3N5OS. The number of morpholine rings is 1. The standard InChI is InChI=1S/C21H20F3N5OS/c1-12-2-3-14-15(10-12)27-18(21(22,23)24)16-17(14)29(7-4-13-11-25-5-8-30-13)19(28-16)20-26-6-9-31-20/h2-3,6,9-10,13,25H,4-5,7-8,11H2,1H3. The van der Waals surface area contributed by atoms with Crippen LogP contribution < -0.4 is 5.32 Å². The Kier molecular flexibility index (Phi) is 5.15. The van der Waals surface area contributed by atoms with Crippen molar-refractivity contribution in [2.24, 2.45) is 0 Å². The van der Waals surface area contributed by atoms with Crippen molar-refractivity contribution in [2.45, 2.75) is 32.2 Å². The summed E-state index contributed by atoms with van der Waals surface area (Å²) in [6, 6.07) is 5.38. The molecule has 4 aromatic rings. The van der Waals surface area contributed by atoms with Crippen LogP contribution in [-0.2, 0) is 17.5 Å². The molecule has 1 fully saturated rings. The van der Waals surface area contributed by atoms with E-state index in [1.54, 1.807) is 17.6 Å². The van der Waals surface area contributed by atoms with E-state index in [1.165, 1.54) is 11.3 Å². The SMILES string of the molecule is Cc1ccc2c(c1)nc(C(F)(F)F)c1nc(-c3nccs3)n(CCC3CNCCO3)c12. The molecule has 0 saturated carbocycles. The third-order valence-corrected chi connectivity index (χ3v) is 6.17. The molecule has 0 aliphatic carbocycles. The molecule has 31 heavy (non-hydrogen) atoms. The van der Waals surface area contributed by atoms with Crippen molar-refractivity contribution in [2.75, 3.05) is 19.7 Å². The van der Waals surface area contributed by atoms with Crippen molar-refractivity contribution < 1.29 is 17.9 Å². The van der Waals surface area contributed by atoms with E-state index >= 15 is 0 Å². The maximum absolute atomic E-state index is 14.0. The highest BCUT2D eigenvalue weighted by Crippen LogP contribution is 2.39. The van der Waals surface area contributed by atoms with Gasteiger partial charge in [0.15, 0.2) is 16.5 Å². The minimum Gasteiger partial charge on any atom is -0.376 e. The van der Waals surface area contributed by atoms with Crippen molar-refractivity contribution in [1.82, 2.24) is 24.8 Å². The molecule has 1 saturated heterocycles. The van der Waals surface area contributed by atoms with Gasteiger partial charge in [0.25, 0.3) is 0 Å². The van der Waals surface area contributed by atoms with Gasteiger partial charge in [0.05, 0.1) is 23.7 Å². The molecule has 0 amide bonds. The number of thiazole rings is 1. The first-order chi connectivity index (χ1) is 14.9. The van der Waals surface area contributed by atoms with Gasteiger partial charge in [-0.15, -0.1) is 11.3 Å². The number of ether oxygens (including phenoxy) is 1. The Morgan fingerprint density at radius 3 is 2.87 bits per heavy atom. The summed E-state index contributed by atoms with van der Waals surface area (Å²) in [6.45, 7) is 4.44. The van der Waals surface area contributed by atoms with Crippen molar-refractivity contribution in [1.29, 1.82) is 0 Å². The van der Waals surface area contributed by atoms with E-state index < -0.39 is 11.9 Å². The second-order valence-electron chi connectivity index (χ2n) is 7.59. The predicted molar refractivity (Wildman–Crippen MR) is 113 cm³/mol. The Bertz CT molecular complexity index is 1230. The summed E-state index contributed by atoms with van der Waals surface area (Å²) in [5.74, 6) is 0.425. The number of aromatic nitrogens is 4. The van der Waals surface area contributed by atoms with Gasteiger partial charge in [-0.05, 0) is 25.0 Å². The fourth-order valence-corrected chi connectivity index (χ4v) is 4.62. The van der Waals surface area contributed by atoms with Gasteiger partial charge in [0, 0.05) is 36.6 Å². The average molecular weight is 447 g/mol. The molecule has 1 unspecified atom stereocenters. The summed E-state index contributed by atoms with van der Waals surface area (Å²) in [5.41, 5.74) is 0.485. The van der Waals surface area contributed by atoms with Gasteiger partial charge in [-0.2, -0.15) is 13.2 Å². The third-order valence-electron chi connectivity index (χ3n) is 5.40. The van der Waals surface area contributed by atoms with Gasteiger partial charge in [-0.1, -0.05) is 12.1 Å². The first-order valence-electron chi connectivity index (χ1n) is 10.0. The molecule has 1 atom stereocenters. The van der Waals surface area contributed by atoms with Gasteiger partial charge in [-0.3, -0.25) is 0 Å². The molecule has 1 aromatic carbocycles. The Balaban J connectivity index is 1.75. The molecule has 0 radical (unpaired) electrons. The summed E-state index contributed by atoms with van der Waals surface area (Å²) in [6.07, 6.45) is -2.35. The van der Waals surface area contributed by atoms with Crippen molar-refractivity contribution >= 4 is 33.3 Å². The number of hydrogen-bond acceptors (Lipinski definition) is 6. The monoisotopic (exact) mass is 447 g/mol. The van der Waals surface area contributed by atoms with E-state index in [0.29, 0.717) is 53.4 Å². The maximum atomic E-state index is 14.0. The summed E-state index contributed by atoms with van der Waals surface area (Å²) >= 11 is 1.35. The minimum atomic E-state index is -4.62. The molecule has 5 rings (SSSR count). The highest BCUT2D eigenvalue weighted by Gasteiger charge is 2.38. The first-order valence-corrected chi connectivity index (χ1v) is 10.9. The second-order valence-corrected chi connectivity index (χ2v) is 8.48. The van der Waals surface area contributed by atoms with E-state index in [-0.39, 0.29) is 11.6 Å². The van der Waals surface area contributed by atoms with Crippen LogP contribution in [0.3, 0.4) is 0 Å². The van der Waals surface area contributed by atoms with Crippen molar-refractivity contribution in [3.63, 3.8) is 0 Å². The molecule has 10 heteroatoms. The smallest absolute Gasteiger partial charge is 0.376 e. The Hall–Kier alpha value is -2.56. The highest BCUT2D eigenvalue weighted by molar-refractivity contribution is 7.13. The van der Waals surface area contributed by atoms with E-state index in [4.69, 9.17) is 4.74 Å². The third kappa shape index (κ3) is 3.79. The van der Waals surface area contributed by atoms with E-state index in [9.17, 15) is 13.2 Å². The van der Waals surface area contributed by atoms with Crippen LogP contribution in [0.2, 0.25) is 0 Å². The molecule has 0 bridgehead atoms. The largest absolute Gasteiger partial charge is 0.435 e. The van der Waals surface area contributed by atoms with E-state index in [1.807, 2.05) is 23.6 Å². The van der Waals surface area contributed by atoms with Crippen LogP contribution in [0.4, 0.5) is 13.2 Å². The molecule has 6 nitrogen and oxygen atoms in total. The second kappa shape index (κ2) is 7.85. The quantitative estimate of drug-likeness (QED) is 0.502. The number of benzene rings is 1. The zero-order valence-electron chi connectivity index (χ0n) is 16.7. The Morgan fingerprint density at radius 1 is 1.29 bits per heavy atom. The van der Waals surface area contributed by atoms with Crippen molar-refractivity contribution in [3.8, 4) is 10.8 Å². The number of rotatable bonds is 4. The first kappa shape index (κ1) is 20.3. The number of nitrogens with one attached hydrogen (secondary N) is 1. The number of imidazole rings is 1. The van der Waals surface area contributed by atoms with Gasteiger partial charge in [0.2, 0.25) is 0 Å². The van der Waals surface area contributed by atoms with Crippen molar-refractivity contribution in [3.05, 3.63) is 41.0 Å². The fourth-order valence-electron chi connectivity index (χ4n) is 3.99. The van der Waals surface area contributed by atoms with E-state index in [2.05, 4.69) is 20.3 Å². The van der Waals surface area contributed by atoms with Crippen LogP contribution in [0, 0.1) is 6.92 Å². The topological polar surface area (TPSA) is 64.9 Å². The number of alkyl halides is 3. The number of hydrogen-bond donors (Lipinski definition) is 1. The zero-order valence-corrected chi connectivity index (χ0v) is 17.6. The van der Waals surface area contributed by atoms with E-state index in [0.717, 1.165) is 12.1 Å². The molecule has 0 spiro atoms. The van der Waals surface area contributed by atoms with Crippen LogP contribution in [0.15, 0.2) is 29.8 Å². The Labute approximate surface area is 180 Å². The number of fused-ring (bicyclic) bond motifs is 3. The van der Waals surface area contributed by atoms with Gasteiger partial charge >= 0.3 is 6.18 Å². The van der Waals surface area contributed by atoms with Gasteiger partial charge in [-0.25, -0.2) is 15.0 Å². The molecule has 4 heterocycles. The molecule has 1 N–H and O–H groups in total. The summed E-state index contributed by atoms with van der Waals surface area (Å²) in [5, 5.41) is 6.30. The van der Waals surface area contributed by atoms with Crippen LogP contribution >= 0.6 is 11.3 Å². The summed E-state index contributed by atoms with van der Waals surface area (Å²) in [4.78, 5) is 12.7. The van der Waals surface area contributed by atoms with Crippen LogP contribution in [-0.4, -0.2) is 45.3 Å². The number of halogens is 3. The lowest BCUT2D eigenvalue weighted by Crippen LogP contribution is -2.38. The molecule has 1 aliphatic heterocycles. The molecule has 1 aliphatic rings. The predicted octanol–water partition coefficient (Wildman–Crippen LogP) is 4.41. The number of nitrogens with zero attached hydrogens (tertiary/aromatic N) is 4. The number of aryl methyl sites for hydroxylation is 2. The summed E-state index contributed by atoms with van der Waals surface area (Å²) < 4.78 is 49.5. The maximum Gasteiger partial charge on any atom is 0.435 e.